The molecular weight excluding hydrogens is 296 g/mol. The predicted molar refractivity (Wildman–Crippen MR) is 94.6 cm³/mol. The summed E-state index contributed by atoms with van der Waals surface area (Å²) in [5.74, 6) is 0.156. The van der Waals surface area contributed by atoms with Crippen molar-refractivity contribution in [3.63, 3.8) is 0 Å². The van der Waals surface area contributed by atoms with Gasteiger partial charge in [-0.15, -0.1) is 12.4 Å². The van der Waals surface area contributed by atoms with Crippen LogP contribution in [-0.2, 0) is 10.2 Å². The van der Waals surface area contributed by atoms with E-state index >= 15 is 0 Å². The molecule has 0 aliphatic carbocycles. The number of benzene rings is 1. The summed E-state index contributed by atoms with van der Waals surface area (Å²) in [6, 6.07) is 10.3. The summed E-state index contributed by atoms with van der Waals surface area (Å²) in [4.78, 5) is 12.3. The van der Waals surface area contributed by atoms with Crippen LogP contribution in [0.15, 0.2) is 30.3 Å². The summed E-state index contributed by atoms with van der Waals surface area (Å²) in [6.07, 6.45) is 2.80. The maximum Gasteiger partial charge on any atom is 0.220 e. The average Bonchev–Trinajstić information content (AvgIpc) is 2.47. The van der Waals surface area contributed by atoms with E-state index in [0.29, 0.717) is 6.42 Å². The van der Waals surface area contributed by atoms with E-state index in [0.717, 1.165) is 32.5 Å². The van der Waals surface area contributed by atoms with Crippen molar-refractivity contribution < 1.29 is 4.79 Å². The van der Waals surface area contributed by atoms with Gasteiger partial charge in [-0.2, -0.15) is 0 Å². The van der Waals surface area contributed by atoms with Crippen LogP contribution in [0.25, 0.3) is 0 Å². The molecule has 2 N–H and O–H groups in total. The van der Waals surface area contributed by atoms with Crippen molar-refractivity contribution in [2.45, 2.75) is 45.4 Å². The van der Waals surface area contributed by atoms with Crippen molar-refractivity contribution in [1.82, 2.24) is 10.6 Å². The summed E-state index contributed by atoms with van der Waals surface area (Å²) in [5, 5.41) is 6.53. The third kappa shape index (κ3) is 5.29. The molecule has 0 radical (unpaired) electrons. The molecule has 0 spiro atoms. The lowest BCUT2D eigenvalue weighted by Gasteiger charge is -2.34. The summed E-state index contributed by atoms with van der Waals surface area (Å²) >= 11 is 0. The molecule has 22 heavy (non-hydrogen) atoms. The number of nitrogens with one attached hydrogen (secondary N) is 2. The third-order valence-corrected chi connectivity index (χ3v) is 4.68. The molecule has 0 unspecified atom stereocenters. The third-order valence-electron chi connectivity index (χ3n) is 4.68. The Balaban J connectivity index is 0.00000242. The standard InChI is InChI=1S/C18H28N2O.ClH/c1-17(2,15-7-5-4-6-8-15)13-16(21)20-14-18(3)9-11-19-12-10-18;/h4-8,19H,9-14H2,1-3H3,(H,20,21);1H. The molecule has 0 aromatic heterocycles. The lowest BCUT2D eigenvalue weighted by molar-refractivity contribution is -0.122. The minimum Gasteiger partial charge on any atom is -0.356 e. The van der Waals surface area contributed by atoms with Crippen LogP contribution < -0.4 is 10.6 Å². The topological polar surface area (TPSA) is 41.1 Å². The highest BCUT2D eigenvalue weighted by molar-refractivity contribution is 5.85. The molecule has 1 aromatic carbocycles. The van der Waals surface area contributed by atoms with Gasteiger partial charge in [0.25, 0.3) is 0 Å². The molecule has 124 valence electrons. The Bertz CT molecular complexity index is 467. The number of piperidine rings is 1. The second-order valence-corrected chi connectivity index (χ2v) is 7.26. The van der Waals surface area contributed by atoms with Crippen LogP contribution in [0.3, 0.4) is 0 Å². The first-order valence-electron chi connectivity index (χ1n) is 7.94. The summed E-state index contributed by atoms with van der Waals surface area (Å²) in [6.45, 7) is 9.45. The lowest BCUT2D eigenvalue weighted by Crippen LogP contribution is -2.43. The zero-order valence-corrected chi connectivity index (χ0v) is 14.8. The number of halogens is 1. The highest BCUT2D eigenvalue weighted by Gasteiger charge is 2.29. The van der Waals surface area contributed by atoms with Crippen LogP contribution in [-0.4, -0.2) is 25.5 Å². The van der Waals surface area contributed by atoms with Gasteiger partial charge in [-0.05, 0) is 42.3 Å². The van der Waals surface area contributed by atoms with Crippen LogP contribution in [0.1, 0.15) is 45.6 Å². The van der Waals surface area contributed by atoms with Gasteiger partial charge in [0.1, 0.15) is 0 Å². The van der Waals surface area contributed by atoms with E-state index in [1.807, 2.05) is 18.2 Å². The summed E-state index contributed by atoms with van der Waals surface area (Å²) < 4.78 is 0. The molecule has 4 heteroatoms. The minimum atomic E-state index is -0.125. The van der Waals surface area contributed by atoms with Crippen LogP contribution >= 0.6 is 12.4 Å². The first-order valence-corrected chi connectivity index (χ1v) is 7.94. The molecule has 1 aliphatic rings. The van der Waals surface area contributed by atoms with Gasteiger partial charge in [-0.1, -0.05) is 51.1 Å². The Morgan fingerprint density at radius 1 is 1.23 bits per heavy atom. The van der Waals surface area contributed by atoms with Gasteiger partial charge in [-0.3, -0.25) is 4.79 Å². The molecule has 1 fully saturated rings. The molecule has 1 aromatic rings. The number of hydrogen-bond donors (Lipinski definition) is 2. The van der Waals surface area contributed by atoms with Gasteiger partial charge < -0.3 is 10.6 Å². The predicted octanol–water partition coefficient (Wildman–Crippen LogP) is 3.28. The van der Waals surface area contributed by atoms with Crippen molar-refractivity contribution >= 4 is 18.3 Å². The van der Waals surface area contributed by atoms with Crippen molar-refractivity contribution in [3.8, 4) is 0 Å². The van der Waals surface area contributed by atoms with E-state index in [1.165, 1.54) is 5.56 Å². The van der Waals surface area contributed by atoms with E-state index in [9.17, 15) is 4.79 Å². The summed E-state index contributed by atoms with van der Waals surface area (Å²) in [7, 11) is 0. The summed E-state index contributed by atoms with van der Waals surface area (Å²) in [5.41, 5.74) is 1.34. The largest absolute Gasteiger partial charge is 0.356 e. The molecule has 1 saturated heterocycles. The monoisotopic (exact) mass is 324 g/mol. The Hall–Kier alpha value is -1.06. The highest BCUT2D eigenvalue weighted by atomic mass is 35.5. The van der Waals surface area contributed by atoms with Crippen LogP contribution in [0.2, 0.25) is 0 Å². The molecule has 1 aliphatic heterocycles. The minimum absolute atomic E-state index is 0. The van der Waals surface area contributed by atoms with E-state index in [-0.39, 0.29) is 29.1 Å². The second kappa shape index (κ2) is 7.98. The smallest absolute Gasteiger partial charge is 0.220 e. The van der Waals surface area contributed by atoms with Gasteiger partial charge >= 0.3 is 0 Å². The van der Waals surface area contributed by atoms with Crippen LogP contribution in [0.5, 0.6) is 0 Å². The number of amides is 1. The maximum atomic E-state index is 12.3. The van der Waals surface area contributed by atoms with E-state index in [4.69, 9.17) is 0 Å². The first kappa shape index (κ1) is 19.0. The van der Waals surface area contributed by atoms with Gasteiger partial charge in [0.15, 0.2) is 0 Å². The van der Waals surface area contributed by atoms with E-state index < -0.39 is 0 Å². The Kier molecular flexibility index (Phi) is 6.89. The van der Waals surface area contributed by atoms with Crippen molar-refractivity contribution in [1.29, 1.82) is 0 Å². The van der Waals surface area contributed by atoms with Crippen molar-refractivity contribution in [2.24, 2.45) is 5.41 Å². The highest BCUT2D eigenvalue weighted by Crippen LogP contribution is 2.28. The fourth-order valence-corrected chi connectivity index (χ4v) is 2.97. The molecule has 1 amide bonds. The number of rotatable bonds is 5. The fraction of sp³-hybridized carbons (Fsp3) is 0.611. The van der Waals surface area contributed by atoms with Gasteiger partial charge in [-0.25, -0.2) is 0 Å². The van der Waals surface area contributed by atoms with Gasteiger partial charge in [0, 0.05) is 13.0 Å². The zero-order valence-electron chi connectivity index (χ0n) is 13.9. The quantitative estimate of drug-likeness (QED) is 0.872. The molecule has 0 atom stereocenters. The van der Waals surface area contributed by atoms with E-state index in [2.05, 4.69) is 43.5 Å². The zero-order chi connectivity index (χ0) is 15.3. The van der Waals surface area contributed by atoms with Gasteiger partial charge in [0.2, 0.25) is 5.91 Å². The first-order chi connectivity index (χ1) is 9.91. The van der Waals surface area contributed by atoms with Crippen molar-refractivity contribution in [3.05, 3.63) is 35.9 Å². The SMILES string of the molecule is CC1(CNC(=O)CC(C)(C)c2ccccc2)CCNCC1.Cl. The lowest BCUT2D eigenvalue weighted by atomic mass is 9.80. The normalized spacial score (nSPS) is 17.4. The molecule has 2 rings (SSSR count). The molecule has 0 saturated carbocycles. The number of hydrogen-bond acceptors (Lipinski definition) is 2. The fourth-order valence-electron chi connectivity index (χ4n) is 2.97. The molecule has 0 bridgehead atoms. The van der Waals surface area contributed by atoms with Crippen LogP contribution in [0.4, 0.5) is 0 Å². The average molecular weight is 325 g/mol. The molecule has 3 nitrogen and oxygen atoms in total. The van der Waals surface area contributed by atoms with Crippen LogP contribution in [0, 0.1) is 5.41 Å². The number of carbonyl (C=O) groups is 1. The van der Waals surface area contributed by atoms with Gasteiger partial charge in [0.05, 0.1) is 0 Å². The van der Waals surface area contributed by atoms with Crippen molar-refractivity contribution in [2.75, 3.05) is 19.6 Å². The van der Waals surface area contributed by atoms with E-state index in [1.54, 1.807) is 0 Å². The molecule has 1 heterocycles. The Labute approximate surface area is 140 Å². The maximum absolute atomic E-state index is 12.3. The second-order valence-electron chi connectivity index (χ2n) is 7.26. The Morgan fingerprint density at radius 3 is 2.41 bits per heavy atom. The Morgan fingerprint density at radius 2 is 1.82 bits per heavy atom. The molecular formula is C18H29ClN2O. The number of carbonyl (C=O) groups excluding carboxylic acids is 1.